The molecule has 0 radical (unpaired) electrons. The number of aromatic nitrogens is 4. The number of methoxy groups -OCH3 is 1. The molecule has 0 aliphatic heterocycles. The van der Waals surface area contributed by atoms with Crippen molar-refractivity contribution in [2.75, 3.05) is 12.4 Å². The van der Waals surface area contributed by atoms with Crippen molar-refractivity contribution in [2.45, 2.75) is 19.3 Å². The van der Waals surface area contributed by atoms with Gasteiger partial charge in [-0.3, -0.25) is 14.6 Å². The largest absolute Gasteiger partial charge is 0.497 e. The fourth-order valence-corrected chi connectivity index (χ4v) is 3.22. The molecule has 7 nitrogen and oxygen atoms in total. The molecular formula is C18H19N5O2. The molecule has 0 unspecified atom stereocenters. The Hall–Kier alpha value is -3.09. The lowest BCUT2D eigenvalue weighted by molar-refractivity contribution is 0.102. The van der Waals surface area contributed by atoms with E-state index >= 15 is 0 Å². The number of ether oxygens (including phenoxy) is 1. The summed E-state index contributed by atoms with van der Waals surface area (Å²) in [5.74, 6) is 1.30. The summed E-state index contributed by atoms with van der Waals surface area (Å²) in [7, 11) is 3.47. The van der Waals surface area contributed by atoms with Gasteiger partial charge in [-0.1, -0.05) is 12.1 Å². The lowest BCUT2D eigenvalue weighted by atomic mass is 10.1. The number of amides is 1. The van der Waals surface area contributed by atoms with Gasteiger partial charge in [-0.05, 0) is 37.5 Å². The second-order valence-corrected chi connectivity index (χ2v) is 6.10. The summed E-state index contributed by atoms with van der Waals surface area (Å²) >= 11 is 0. The van der Waals surface area contributed by atoms with E-state index in [0.717, 1.165) is 47.7 Å². The average molecular weight is 337 g/mol. The van der Waals surface area contributed by atoms with Gasteiger partial charge in [0, 0.05) is 18.2 Å². The maximum absolute atomic E-state index is 12.6. The molecule has 128 valence electrons. The zero-order valence-electron chi connectivity index (χ0n) is 14.2. The molecule has 0 bridgehead atoms. The summed E-state index contributed by atoms with van der Waals surface area (Å²) in [4.78, 5) is 12.6. The monoisotopic (exact) mass is 337 g/mol. The van der Waals surface area contributed by atoms with Crippen LogP contribution < -0.4 is 10.1 Å². The van der Waals surface area contributed by atoms with Crippen LogP contribution in [-0.2, 0) is 19.9 Å². The Balaban J connectivity index is 1.57. The number of nitrogens with one attached hydrogen (secondary N) is 2. The molecule has 1 aliphatic carbocycles. The Morgan fingerprint density at radius 1 is 1.32 bits per heavy atom. The van der Waals surface area contributed by atoms with E-state index < -0.39 is 0 Å². The van der Waals surface area contributed by atoms with Crippen molar-refractivity contribution in [3.63, 3.8) is 0 Å². The fraction of sp³-hybridized carbons (Fsp3) is 0.278. The molecule has 1 aliphatic rings. The smallest absolute Gasteiger partial charge is 0.274 e. The highest BCUT2D eigenvalue weighted by atomic mass is 16.5. The van der Waals surface area contributed by atoms with Gasteiger partial charge in [0.05, 0.1) is 18.5 Å². The summed E-state index contributed by atoms with van der Waals surface area (Å²) in [5.41, 5.74) is 4.21. The van der Waals surface area contributed by atoms with Gasteiger partial charge in [-0.2, -0.15) is 10.2 Å². The third kappa shape index (κ3) is 2.77. The first-order valence-corrected chi connectivity index (χ1v) is 8.21. The van der Waals surface area contributed by atoms with Gasteiger partial charge in [0.2, 0.25) is 0 Å². The highest BCUT2D eigenvalue weighted by molar-refractivity contribution is 6.03. The number of fused-ring (bicyclic) bond motifs is 1. The van der Waals surface area contributed by atoms with E-state index in [9.17, 15) is 4.79 Å². The topological polar surface area (TPSA) is 84.8 Å². The van der Waals surface area contributed by atoms with Crippen LogP contribution in [0.2, 0.25) is 0 Å². The quantitative estimate of drug-likeness (QED) is 0.766. The predicted molar refractivity (Wildman–Crippen MR) is 93.8 cm³/mol. The number of H-pyrrole nitrogens is 1. The molecule has 0 spiro atoms. The van der Waals surface area contributed by atoms with Crippen LogP contribution >= 0.6 is 0 Å². The molecule has 0 saturated carbocycles. The summed E-state index contributed by atoms with van der Waals surface area (Å²) in [6.45, 7) is 0. The molecule has 25 heavy (non-hydrogen) atoms. The summed E-state index contributed by atoms with van der Waals surface area (Å²) in [6, 6.07) is 9.30. The molecule has 0 fully saturated rings. The molecule has 0 atom stereocenters. The van der Waals surface area contributed by atoms with Crippen molar-refractivity contribution >= 4 is 11.7 Å². The minimum Gasteiger partial charge on any atom is -0.497 e. The van der Waals surface area contributed by atoms with E-state index in [1.54, 1.807) is 17.9 Å². The predicted octanol–water partition coefficient (Wildman–Crippen LogP) is 2.56. The Kier molecular flexibility index (Phi) is 3.76. The molecule has 2 aromatic heterocycles. The minimum absolute atomic E-state index is 0.223. The summed E-state index contributed by atoms with van der Waals surface area (Å²) < 4.78 is 6.97. The van der Waals surface area contributed by atoms with E-state index in [1.807, 2.05) is 31.3 Å². The van der Waals surface area contributed by atoms with Crippen LogP contribution in [0.3, 0.4) is 0 Å². The van der Waals surface area contributed by atoms with Crippen molar-refractivity contribution in [1.82, 2.24) is 20.0 Å². The molecule has 2 heterocycles. The third-order valence-corrected chi connectivity index (χ3v) is 4.49. The number of nitrogens with zero attached hydrogens (tertiary/aromatic N) is 3. The first-order valence-electron chi connectivity index (χ1n) is 8.21. The standard InChI is InChI=1S/C18H19N5O2/c1-23-17(13-7-4-8-14(13)22-23)19-18(24)16-10-15(20-21-16)11-5-3-6-12(9-11)25-2/h3,5-6,9-10H,4,7-8H2,1-2H3,(H,19,24)(H,20,21). The summed E-state index contributed by atoms with van der Waals surface area (Å²) in [5, 5.41) is 14.5. The summed E-state index contributed by atoms with van der Waals surface area (Å²) in [6.07, 6.45) is 3.02. The number of hydrogen-bond donors (Lipinski definition) is 2. The number of carbonyl (C=O) groups is 1. The van der Waals surface area contributed by atoms with E-state index in [0.29, 0.717) is 11.4 Å². The van der Waals surface area contributed by atoms with Crippen LogP contribution in [0.4, 0.5) is 5.82 Å². The molecule has 7 heteroatoms. The fourth-order valence-electron chi connectivity index (χ4n) is 3.22. The van der Waals surface area contributed by atoms with E-state index in [2.05, 4.69) is 20.6 Å². The Morgan fingerprint density at radius 2 is 2.20 bits per heavy atom. The van der Waals surface area contributed by atoms with Crippen molar-refractivity contribution in [1.29, 1.82) is 0 Å². The van der Waals surface area contributed by atoms with Crippen LogP contribution in [0.1, 0.15) is 28.2 Å². The van der Waals surface area contributed by atoms with Crippen molar-refractivity contribution in [3.8, 4) is 17.0 Å². The van der Waals surface area contributed by atoms with Crippen molar-refractivity contribution < 1.29 is 9.53 Å². The highest BCUT2D eigenvalue weighted by Gasteiger charge is 2.23. The maximum Gasteiger partial charge on any atom is 0.274 e. The zero-order chi connectivity index (χ0) is 17.4. The van der Waals surface area contributed by atoms with Crippen LogP contribution in [0, 0.1) is 0 Å². The molecule has 1 amide bonds. The van der Waals surface area contributed by atoms with Crippen LogP contribution in [0.5, 0.6) is 5.75 Å². The second kappa shape index (κ2) is 6.08. The first-order chi connectivity index (χ1) is 12.2. The molecule has 2 N–H and O–H groups in total. The zero-order valence-corrected chi connectivity index (χ0v) is 14.2. The second-order valence-electron chi connectivity index (χ2n) is 6.10. The van der Waals surface area contributed by atoms with Gasteiger partial charge < -0.3 is 10.1 Å². The number of carbonyl (C=O) groups excluding carboxylic acids is 1. The number of aryl methyl sites for hydroxylation is 2. The normalized spacial score (nSPS) is 12.9. The van der Waals surface area contributed by atoms with Crippen LogP contribution in [0.25, 0.3) is 11.3 Å². The van der Waals surface area contributed by atoms with E-state index in [4.69, 9.17) is 4.74 Å². The number of rotatable bonds is 4. The van der Waals surface area contributed by atoms with Crippen molar-refractivity contribution in [2.24, 2.45) is 7.05 Å². The number of hydrogen-bond acceptors (Lipinski definition) is 4. The molecule has 0 saturated heterocycles. The van der Waals surface area contributed by atoms with Crippen molar-refractivity contribution in [3.05, 3.63) is 47.3 Å². The Bertz CT molecular complexity index is 941. The van der Waals surface area contributed by atoms with Gasteiger partial charge in [-0.25, -0.2) is 0 Å². The Labute approximate surface area is 145 Å². The lowest BCUT2D eigenvalue weighted by Gasteiger charge is -2.06. The van der Waals surface area contributed by atoms with Crippen LogP contribution in [-0.4, -0.2) is 33.0 Å². The highest BCUT2D eigenvalue weighted by Crippen LogP contribution is 2.28. The van der Waals surface area contributed by atoms with Gasteiger partial charge in [0.15, 0.2) is 0 Å². The number of aromatic amines is 1. The van der Waals surface area contributed by atoms with E-state index in [-0.39, 0.29) is 5.91 Å². The van der Waals surface area contributed by atoms with E-state index in [1.165, 1.54) is 0 Å². The third-order valence-electron chi connectivity index (χ3n) is 4.49. The van der Waals surface area contributed by atoms with Gasteiger partial charge in [0.1, 0.15) is 17.3 Å². The van der Waals surface area contributed by atoms with Gasteiger partial charge in [0.25, 0.3) is 5.91 Å². The molecule has 1 aromatic carbocycles. The van der Waals surface area contributed by atoms with Crippen LogP contribution in [0.15, 0.2) is 30.3 Å². The number of anilines is 1. The van der Waals surface area contributed by atoms with Gasteiger partial charge >= 0.3 is 0 Å². The molecular weight excluding hydrogens is 318 g/mol. The van der Waals surface area contributed by atoms with Gasteiger partial charge in [-0.15, -0.1) is 0 Å². The average Bonchev–Trinajstić information content (AvgIpc) is 3.33. The number of benzene rings is 1. The lowest BCUT2D eigenvalue weighted by Crippen LogP contribution is -2.16. The minimum atomic E-state index is -0.223. The first kappa shape index (κ1) is 15.4. The molecule has 3 aromatic rings. The maximum atomic E-state index is 12.6. The SMILES string of the molecule is COc1cccc(-c2cc(C(=O)Nc3c4c(nn3C)CCC4)[nH]n2)c1. The molecule has 4 rings (SSSR count). The Morgan fingerprint density at radius 3 is 3.04 bits per heavy atom.